The van der Waals surface area contributed by atoms with Crippen molar-refractivity contribution in [3.8, 4) is 0 Å². The molecule has 0 aromatic heterocycles. The Morgan fingerprint density at radius 1 is 1.33 bits per heavy atom. The molecule has 5 heteroatoms. The Balaban J connectivity index is 1.81. The van der Waals surface area contributed by atoms with Crippen LogP contribution in [0, 0.1) is 23.5 Å². The van der Waals surface area contributed by atoms with E-state index in [9.17, 15) is 13.9 Å². The second-order valence-electron chi connectivity index (χ2n) is 6.39. The van der Waals surface area contributed by atoms with Crippen molar-refractivity contribution < 1.29 is 18.6 Å². The van der Waals surface area contributed by atoms with E-state index in [2.05, 4.69) is 0 Å². The summed E-state index contributed by atoms with van der Waals surface area (Å²) >= 11 is 0. The standard InChI is InChI=1S/C16H21F2NO2/c17-12-3-4-14(15(18)7-12)16(19)9-21-13(5-10-1-2-10)6-11(16)8-20/h3-4,7,10-11,13,20H,1-2,5-6,8-9,19H2/t11-,13-,16-/m0/s1. The number of ether oxygens (including phenoxy) is 1. The van der Waals surface area contributed by atoms with Crippen molar-refractivity contribution in [2.24, 2.45) is 17.6 Å². The highest BCUT2D eigenvalue weighted by molar-refractivity contribution is 5.28. The average molecular weight is 297 g/mol. The van der Waals surface area contributed by atoms with E-state index in [0.717, 1.165) is 18.4 Å². The molecular formula is C16H21F2NO2. The van der Waals surface area contributed by atoms with Crippen LogP contribution in [0.2, 0.25) is 0 Å². The Bertz CT molecular complexity index is 521. The van der Waals surface area contributed by atoms with Crippen molar-refractivity contribution in [3.05, 3.63) is 35.4 Å². The fourth-order valence-corrected chi connectivity index (χ4v) is 3.26. The second kappa shape index (κ2) is 5.63. The fraction of sp³-hybridized carbons (Fsp3) is 0.625. The molecule has 1 saturated carbocycles. The van der Waals surface area contributed by atoms with Gasteiger partial charge in [-0.1, -0.05) is 18.9 Å². The molecule has 0 radical (unpaired) electrons. The summed E-state index contributed by atoms with van der Waals surface area (Å²) in [7, 11) is 0. The smallest absolute Gasteiger partial charge is 0.131 e. The van der Waals surface area contributed by atoms with Crippen molar-refractivity contribution in [3.63, 3.8) is 0 Å². The molecular weight excluding hydrogens is 276 g/mol. The van der Waals surface area contributed by atoms with Crippen LogP contribution in [0.1, 0.15) is 31.2 Å². The van der Waals surface area contributed by atoms with Gasteiger partial charge in [-0.3, -0.25) is 0 Å². The van der Waals surface area contributed by atoms with Gasteiger partial charge in [0.25, 0.3) is 0 Å². The molecule has 1 aliphatic carbocycles. The first-order chi connectivity index (χ1) is 10.0. The monoisotopic (exact) mass is 297 g/mol. The van der Waals surface area contributed by atoms with Gasteiger partial charge in [-0.05, 0) is 24.8 Å². The maximum absolute atomic E-state index is 14.0. The second-order valence-corrected chi connectivity index (χ2v) is 6.39. The first-order valence-electron chi connectivity index (χ1n) is 7.50. The van der Waals surface area contributed by atoms with Gasteiger partial charge in [0.1, 0.15) is 11.6 Å². The molecule has 0 unspecified atom stereocenters. The third-order valence-electron chi connectivity index (χ3n) is 4.78. The molecule has 0 amide bonds. The van der Waals surface area contributed by atoms with Crippen LogP contribution in [0.5, 0.6) is 0 Å². The molecule has 0 bridgehead atoms. The van der Waals surface area contributed by atoms with E-state index in [1.807, 2.05) is 0 Å². The van der Waals surface area contributed by atoms with Gasteiger partial charge in [-0.25, -0.2) is 8.78 Å². The van der Waals surface area contributed by atoms with Crippen LogP contribution in [0.15, 0.2) is 18.2 Å². The van der Waals surface area contributed by atoms with Crippen LogP contribution < -0.4 is 5.73 Å². The third-order valence-corrected chi connectivity index (χ3v) is 4.78. The molecule has 1 saturated heterocycles. The SMILES string of the molecule is N[C@@]1(c2ccc(F)cc2F)CO[C@@H](CC2CC2)C[C@H]1CO. The first-order valence-corrected chi connectivity index (χ1v) is 7.50. The molecule has 2 fully saturated rings. The number of aliphatic hydroxyl groups excluding tert-OH is 1. The summed E-state index contributed by atoms with van der Waals surface area (Å²) in [5.74, 6) is -0.874. The topological polar surface area (TPSA) is 55.5 Å². The number of hydrogen-bond donors (Lipinski definition) is 2. The lowest BCUT2D eigenvalue weighted by Gasteiger charge is -2.44. The van der Waals surface area contributed by atoms with Gasteiger partial charge in [-0.15, -0.1) is 0 Å². The molecule has 21 heavy (non-hydrogen) atoms. The van der Waals surface area contributed by atoms with E-state index >= 15 is 0 Å². The largest absolute Gasteiger partial charge is 0.396 e. The minimum atomic E-state index is -1.10. The normalized spacial score (nSPS) is 33.1. The Labute approximate surface area is 123 Å². The van der Waals surface area contributed by atoms with Crippen LogP contribution >= 0.6 is 0 Å². The molecule has 116 valence electrons. The van der Waals surface area contributed by atoms with Crippen molar-refractivity contribution in [2.45, 2.75) is 37.3 Å². The zero-order valence-corrected chi connectivity index (χ0v) is 11.9. The van der Waals surface area contributed by atoms with Crippen LogP contribution in [0.3, 0.4) is 0 Å². The number of halogens is 2. The van der Waals surface area contributed by atoms with Gasteiger partial charge in [0.05, 0.1) is 18.2 Å². The quantitative estimate of drug-likeness (QED) is 0.896. The molecule has 1 aromatic rings. The van der Waals surface area contributed by atoms with E-state index in [4.69, 9.17) is 10.5 Å². The number of rotatable bonds is 4. The molecule has 2 aliphatic rings. The van der Waals surface area contributed by atoms with Gasteiger partial charge in [0, 0.05) is 24.2 Å². The molecule has 1 aromatic carbocycles. The highest BCUT2D eigenvalue weighted by Crippen LogP contribution is 2.41. The number of hydrogen-bond acceptors (Lipinski definition) is 3. The van der Waals surface area contributed by atoms with Crippen molar-refractivity contribution >= 4 is 0 Å². The zero-order chi connectivity index (χ0) is 15.0. The highest BCUT2D eigenvalue weighted by atomic mass is 19.1. The van der Waals surface area contributed by atoms with E-state index in [1.54, 1.807) is 0 Å². The minimum absolute atomic E-state index is 0.0786. The van der Waals surface area contributed by atoms with Gasteiger partial charge in [0.2, 0.25) is 0 Å². The first kappa shape index (κ1) is 14.9. The number of aliphatic hydroxyl groups is 1. The predicted octanol–water partition coefficient (Wildman–Crippen LogP) is 2.32. The lowest BCUT2D eigenvalue weighted by molar-refractivity contribution is -0.0804. The highest BCUT2D eigenvalue weighted by Gasteiger charge is 2.44. The molecule has 1 heterocycles. The maximum Gasteiger partial charge on any atom is 0.131 e. The predicted molar refractivity (Wildman–Crippen MR) is 74.5 cm³/mol. The van der Waals surface area contributed by atoms with Crippen molar-refractivity contribution in [1.82, 2.24) is 0 Å². The molecule has 0 spiro atoms. The third kappa shape index (κ3) is 2.96. The van der Waals surface area contributed by atoms with E-state index < -0.39 is 17.2 Å². The van der Waals surface area contributed by atoms with E-state index in [0.29, 0.717) is 6.42 Å². The van der Waals surface area contributed by atoms with Crippen LogP contribution in [-0.2, 0) is 10.3 Å². The summed E-state index contributed by atoms with van der Waals surface area (Å²) in [4.78, 5) is 0. The summed E-state index contributed by atoms with van der Waals surface area (Å²) in [6.45, 7) is 0.0238. The van der Waals surface area contributed by atoms with Gasteiger partial charge in [-0.2, -0.15) is 0 Å². The minimum Gasteiger partial charge on any atom is -0.396 e. The Morgan fingerprint density at radius 3 is 2.71 bits per heavy atom. The lowest BCUT2D eigenvalue weighted by atomic mass is 9.74. The van der Waals surface area contributed by atoms with Crippen LogP contribution in [0.4, 0.5) is 8.78 Å². The Hall–Kier alpha value is -1.04. The Morgan fingerprint density at radius 2 is 2.10 bits per heavy atom. The van der Waals surface area contributed by atoms with Crippen molar-refractivity contribution in [2.75, 3.05) is 13.2 Å². The molecule has 3 rings (SSSR count). The number of nitrogens with two attached hydrogens (primary N) is 1. The van der Waals surface area contributed by atoms with Crippen LogP contribution in [-0.4, -0.2) is 24.4 Å². The number of benzene rings is 1. The fourth-order valence-electron chi connectivity index (χ4n) is 3.26. The molecule has 3 atom stereocenters. The summed E-state index contributed by atoms with van der Waals surface area (Å²) < 4.78 is 32.9. The molecule has 1 aliphatic heterocycles. The van der Waals surface area contributed by atoms with Crippen LogP contribution in [0.25, 0.3) is 0 Å². The van der Waals surface area contributed by atoms with Crippen molar-refractivity contribution in [1.29, 1.82) is 0 Å². The summed E-state index contributed by atoms with van der Waals surface area (Å²) in [6, 6.07) is 3.38. The van der Waals surface area contributed by atoms with Gasteiger partial charge >= 0.3 is 0 Å². The summed E-state index contributed by atoms with van der Waals surface area (Å²) in [5, 5.41) is 9.67. The van der Waals surface area contributed by atoms with Gasteiger partial charge in [0.15, 0.2) is 0 Å². The molecule has 3 nitrogen and oxygen atoms in total. The zero-order valence-electron chi connectivity index (χ0n) is 11.9. The Kier molecular flexibility index (Phi) is 3.99. The van der Waals surface area contributed by atoms with E-state index in [1.165, 1.54) is 25.0 Å². The summed E-state index contributed by atoms with van der Waals surface area (Å²) in [5.41, 5.74) is 5.46. The summed E-state index contributed by atoms with van der Waals surface area (Å²) in [6.07, 6.45) is 4.15. The van der Waals surface area contributed by atoms with E-state index in [-0.39, 0.29) is 30.8 Å². The maximum atomic E-state index is 14.0. The van der Waals surface area contributed by atoms with Gasteiger partial charge < -0.3 is 15.6 Å². The average Bonchev–Trinajstić information content (AvgIpc) is 3.25. The molecule has 3 N–H and O–H groups in total. The lowest BCUT2D eigenvalue weighted by Crippen LogP contribution is -2.55.